The number of aliphatic hydroxyl groups excluding tert-OH is 1. The van der Waals surface area contributed by atoms with Crippen molar-refractivity contribution in [2.75, 3.05) is 18.5 Å². The Morgan fingerprint density at radius 2 is 1.85 bits per heavy atom. The number of hydrogen-bond acceptors (Lipinski definition) is 3. The fourth-order valence-electron chi connectivity index (χ4n) is 4.34. The van der Waals surface area contributed by atoms with E-state index in [9.17, 15) is 10.2 Å². The van der Waals surface area contributed by atoms with Gasteiger partial charge in [0.25, 0.3) is 0 Å². The number of rotatable bonds is 3. The summed E-state index contributed by atoms with van der Waals surface area (Å²) >= 11 is 0. The summed E-state index contributed by atoms with van der Waals surface area (Å²) in [6.45, 7) is 4.94. The maximum Gasteiger partial charge on any atom is 0.111 e. The highest BCUT2D eigenvalue weighted by Gasteiger charge is 2.64. The molecule has 2 N–H and O–H groups in total. The topological polar surface area (TPSA) is 43.7 Å². The van der Waals surface area contributed by atoms with Crippen LogP contribution in [0.15, 0.2) is 30.3 Å². The Morgan fingerprint density at radius 1 is 1.20 bits per heavy atom. The number of hydrogen-bond donors (Lipinski definition) is 2. The third-order valence-corrected chi connectivity index (χ3v) is 5.85. The number of likely N-dealkylation sites (N-methyl/N-ethyl adjacent to an activating group) is 1. The monoisotopic (exact) mass is 275 g/mol. The summed E-state index contributed by atoms with van der Waals surface area (Å²) in [7, 11) is 1.98. The predicted molar refractivity (Wildman–Crippen MR) is 80.7 cm³/mol. The van der Waals surface area contributed by atoms with Gasteiger partial charge in [-0.05, 0) is 42.2 Å². The van der Waals surface area contributed by atoms with E-state index in [0.717, 1.165) is 18.5 Å². The van der Waals surface area contributed by atoms with Crippen LogP contribution in [0.3, 0.4) is 0 Å². The van der Waals surface area contributed by atoms with E-state index in [0.29, 0.717) is 12.5 Å². The minimum absolute atomic E-state index is 0.144. The fraction of sp³-hybridized carbons (Fsp3) is 0.647. The number of benzene rings is 1. The van der Waals surface area contributed by atoms with Gasteiger partial charge >= 0.3 is 0 Å². The highest BCUT2D eigenvalue weighted by Crippen LogP contribution is 2.62. The molecule has 2 bridgehead atoms. The van der Waals surface area contributed by atoms with Gasteiger partial charge in [0.2, 0.25) is 0 Å². The molecule has 4 rings (SSSR count). The van der Waals surface area contributed by atoms with E-state index >= 15 is 0 Å². The van der Waals surface area contributed by atoms with Gasteiger partial charge in [-0.2, -0.15) is 0 Å². The molecule has 3 saturated carbocycles. The highest BCUT2D eigenvalue weighted by atomic mass is 16.3. The minimum atomic E-state index is -0.997. The number of anilines is 1. The van der Waals surface area contributed by atoms with Crippen molar-refractivity contribution in [2.45, 2.75) is 38.4 Å². The lowest BCUT2D eigenvalue weighted by atomic mass is 9.43. The molecule has 0 saturated heterocycles. The van der Waals surface area contributed by atoms with Crippen LogP contribution in [0.25, 0.3) is 0 Å². The van der Waals surface area contributed by atoms with Crippen LogP contribution in [0.5, 0.6) is 0 Å². The van der Waals surface area contributed by atoms with Gasteiger partial charge < -0.3 is 15.1 Å². The third-order valence-electron chi connectivity index (χ3n) is 5.85. The molecule has 3 aliphatic rings. The van der Waals surface area contributed by atoms with Gasteiger partial charge in [0.05, 0.1) is 6.10 Å². The zero-order valence-corrected chi connectivity index (χ0v) is 12.6. The Hall–Kier alpha value is -1.06. The molecule has 4 atom stereocenters. The van der Waals surface area contributed by atoms with Crippen LogP contribution >= 0.6 is 0 Å². The summed E-state index contributed by atoms with van der Waals surface area (Å²) < 4.78 is 0. The number of aliphatic hydroxyl groups is 2. The van der Waals surface area contributed by atoms with E-state index in [4.69, 9.17) is 0 Å². The molecule has 3 fully saturated rings. The molecule has 0 aromatic heterocycles. The summed E-state index contributed by atoms with van der Waals surface area (Å²) in [6, 6.07) is 10.1. The third kappa shape index (κ3) is 1.87. The maximum absolute atomic E-state index is 11.1. The van der Waals surface area contributed by atoms with Crippen LogP contribution in [-0.2, 0) is 0 Å². The second-order valence-corrected chi connectivity index (χ2v) is 7.24. The summed E-state index contributed by atoms with van der Waals surface area (Å²) in [6.07, 6.45) is 1.16. The predicted octanol–water partition coefficient (Wildman–Crippen LogP) is 2.28. The SMILES string of the molecule is CN(C[C@@]1(O)[C@H](O)C[C@@H]2C[C@H]1C2(C)C)c1ccccc1. The van der Waals surface area contributed by atoms with Crippen LogP contribution in [0.2, 0.25) is 0 Å². The first-order valence-corrected chi connectivity index (χ1v) is 7.52. The first kappa shape index (κ1) is 13.9. The van der Waals surface area contributed by atoms with E-state index < -0.39 is 11.7 Å². The molecule has 0 spiro atoms. The quantitative estimate of drug-likeness (QED) is 0.889. The van der Waals surface area contributed by atoms with E-state index in [1.165, 1.54) is 0 Å². The van der Waals surface area contributed by atoms with Gasteiger partial charge in [0.1, 0.15) is 5.60 Å². The minimum Gasteiger partial charge on any atom is -0.390 e. The second kappa shape index (κ2) is 4.47. The lowest BCUT2D eigenvalue weighted by Gasteiger charge is -2.65. The molecule has 3 aliphatic carbocycles. The average molecular weight is 275 g/mol. The van der Waals surface area contributed by atoms with Gasteiger partial charge in [-0.25, -0.2) is 0 Å². The zero-order valence-electron chi connectivity index (χ0n) is 12.6. The van der Waals surface area contributed by atoms with Crippen molar-refractivity contribution in [3.63, 3.8) is 0 Å². The van der Waals surface area contributed by atoms with Gasteiger partial charge in [0, 0.05) is 19.3 Å². The van der Waals surface area contributed by atoms with E-state index in [2.05, 4.69) is 18.7 Å². The van der Waals surface area contributed by atoms with Crippen molar-refractivity contribution in [2.24, 2.45) is 17.3 Å². The molecular weight excluding hydrogens is 250 g/mol. The fourth-order valence-corrected chi connectivity index (χ4v) is 4.34. The smallest absolute Gasteiger partial charge is 0.111 e. The second-order valence-electron chi connectivity index (χ2n) is 7.24. The molecule has 0 amide bonds. The largest absolute Gasteiger partial charge is 0.390 e. The normalized spacial score (nSPS) is 38.1. The molecule has 3 heteroatoms. The molecule has 0 aliphatic heterocycles. The van der Waals surface area contributed by atoms with Gasteiger partial charge in [0.15, 0.2) is 0 Å². The Morgan fingerprint density at radius 3 is 2.45 bits per heavy atom. The van der Waals surface area contributed by atoms with E-state index in [-0.39, 0.29) is 11.3 Å². The van der Waals surface area contributed by atoms with Crippen LogP contribution in [0, 0.1) is 17.3 Å². The Balaban J connectivity index is 1.81. The van der Waals surface area contributed by atoms with E-state index in [1.54, 1.807) is 0 Å². The summed E-state index contributed by atoms with van der Waals surface area (Å²) in [4.78, 5) is 2.05. The van der Waals surface area contributed by atoms with Crippen LogP contribution < -0.4 is 4.90 Å². The molecule has 0 radical (unpaired) electrons. The molecule has 110 valence electrons. The number of fused-ring (bicyclic) bond motifs is 2. The molecule has 1 aromatic carbocycles. The molecular formula is C17H25NO2. The highest BCUT2D eigenvalue weighted by molar-refractivity contribution is 5.45. The number of nitrogens with zero attached hydrogens (tertiary/aromatic N) is 1. The first-order valence-electron chi connectivity index (χ1n) is 7.52. The van der Waals surface area contributed by atoms with Crippen molar-refractivity contribution < 1.29 is 10.2 Å². The Labute approximate surface area is 121 Å². The molecule has 1 aromatic rings. The summed E-state index contributed by atoms with van der Waals surface area (Å²) in [5.74, 6) is 0.750. The molecule has 0 heterocycles. The lowest BCUT2D eigenvalue weighted by Crippen LogP contribution is -2.70. The molecule has 20 heavy (non-hydrogen) atoms. The van der Waals surface area contributed by atoms with Crippen LogP contribution in [0.1, 0.15) is 26.7 Å². The van der Waals surface area contributed by atoms with Gasteiger partial charge in [-0.1, -0.05) is 32.0 Å². The molecule has 3 nitrogen and oxygen atoms in total. The van der Waals surface area contributed by atoms with Crippen molar-refractivity contribution >= 4 is 5.69 Å². The summed E-state index contributed by atoms with van der Waals surface area (Å²) in [5.41, 5.74) is 0.223. The van der Waals surface area contributed by atoms with Gasteiger partial charge in [-0.15, -0.1) is 0 Å². The van der Waals surface area contributed by atoms with E-state index in [1.807, 2.05) is 37.4 Å². The summed E-state index contributed by atoms with van der Waals surface area (Å²) in [5, 5.41) is 21.5. The van der Waals surface area contributed by atoms with Crippen molar-refractivity contribution in [3.05, 3.63) is 30.3 Å². The van der Waals surface area contributed by atoms with Crippen molar-refractivity contribution in [1.82, 2.24) is 0 Å². The Kier molecular flexibility index (Phi) is 3.11. The molecule has 0 unspecified atom stereocenters. The van der Waals surface area contributed by atoms with Crippen LogP contribution in [-0.4, -0.2) is 35.5 Å². The lowest BCUT2D eigenvalue weighted by molar-refractivity contribution is -0.248. The average Bonchev–Trinajstić information content (AvgIpc) is 2.42. The Bertz CT molecular complexity index is 487. The van der Waals surface area contributed by atoms with Gasteiger partial charge in [-0.3, -0.25) is 0 Å². The van der Waals surface area contributed by atoms with Crippen molar-refractivity contribution in [3.8, 4) is 0 Å². The van der Waals surface area contributed by atoms with Crippen molar-refractivity contribution in [1.29, 1.82) is 0 Å². The zero-order chi connectivity index (χ0) is 14.5. The number of para-hydroxylation sites is 1. The first-order chi connectivity index (χ1) is 9.35. The van der Waals surface area contributed by atoms with Crippen LogP contribution in [0.4, 0.5) is 5.69 Å². The standard InChI is InChI=1S/C17H25NO2/c1-16(2)12-9-14(16)17(20,15(19)10-12)11-18(3)13-7-5-4-6-8-13/h4-8,12,14-15,19-20H,9-11H2,1-3H3/t12-,14-,15+,17-/m0/s1. The maximum atomic E-state index is 11.1.